The average Bonchev–Trinajstić information content (AvgIpc) is 2.27. The van der Waals surface area contributed by atoms with E-state index in [1.807, 2.05) is 13.8 Å². The van der Waals surface area contributed by atoms with Gasteiger partial charge in [-0.1, -0.05) is 26.0 Å². The highest BCUT2D eigenvalue weighted by Gasteiger charge is 2.29. The van der Waals surface area contributed by atoms with Crippen molar-refractivity contribution in [2.24, 2.45) is 11.7 Å². The van der Waals surface area contributed by atoms with Gasteiger partial charge in [0.2, 0.25) is 0 Å². The van der Waals surface area contributed by atoms with Crippen molar-refractivity contribution in [1.82, 2.24) is 0 Å². The molecule has 0 saturated heterocycles. The molecule has 0 aliphatic carbocycles. The summed E-state index contributed by atoms with van der Waals surface area (Å²) in [6.45, 7) is 4.03. The van der Waals surface area contributed by atoms with Gasteiger partial charge >= 0.3 is 6.18 Å². The fourth-order valence-electron chi connectivity index (χ4n) is 1.76. The van der Waals surface area contributed by atoms with Crippen molar-refractivity contribution < 1.29 is 13.2 Å². The number of hydrogen-bond donors (Lipinski definition) is 1. The standard InChI is InChI=1S/C13H18F3N/c1-3-12(17)9(2)8-10-4-6-11(7-5-10)13(14,15)16/h4-7,9,12H,3,8,17H2,1-2H3. The highest BCUT2D eigenvalue weighted by atomic mass is 19.4. The van der Waals surface area contributed by atoms with Gasteiger partial charge < -0.3 is 5.73 Å². The Morgan fingerprint density at radius 1 is 1.18 bits per heavy atom. The molecule has 1 aromatic carbocycles. The zero-order valence-corrected chi connectivity index (χ0v) is 10.1. The van der Waals surface area contributed by atoms with Crippen LogP contribution < -0.4 is 5.73 Å². The van der Waals surface area contributed by atoms with Crippen LogP contribution in [0.1, 0.15) is 31.4 Å². The van der Waals surface area contributed by atoms with Crippen molar-refractivity contribution in [3.63, 3.8) is 0 Å². The summed E-state index contributed by atoms with van der Waals surface area (Å²) >= 11 is 0. The van der Waals surface area contributed by atoms with Gasteiger partial charge in [0.05, 0.1) is 5.56 Å². The van der Waals surface area contributed by atoms with Crippen LogP contribution in [0.2, 0.25) is 0 Å². The first-order valence-electron chi connectivity index (χ1n) is 5.76. The van der Waals surface area contributed by atoms with E-state index in [2.05, 4.69) is 0 Å². The number of halogens is 3. The summed E-state index contributed by atoms with van der Waals surface area (Å²) in [6.07, 6.45) is -2.67. The Bertz CT molecular complexity index is 343. The van der Waals surface area contributed by atoms with E-state index in [1.165, 1.54) is 12.1 Å². The van der Waals surface area contributed by atoms with E-state index in [-0.39, 0.29) is 12.0 Å². The molecule has 17 heavy (non-hydrogen) atoms. The molecule has 0 spiro atoms. The van der Waals surface area contributed by atoms with Crippen LogP contribution in [0.5, 0.6) is 0 Å². The lowest BCUT2D eigenvalue weighted by Gasteiger charge is -2.18. The van der Waals surface area contributed by atoms with E-state index >= 15 is 0 Å². The molecule has 0 aromatic heterocycles. The molecule has 0 amide bonds. The lowest BCUT2D eigenvalue weighted by Crippen LogP contribution is -2.28. The highest BCUT2D eigenvalue weighted by Crippen LogP contribution is 2.29. The second-order valence-corrected chi connectivity index (χ2v) is 4.45. The lowest BCUT2D eigenvalue weighted by atomic mass is 9.92. The van der Waals surface area contributed by atoms with E-state index in [0.717, 1.165) is 24.1 Å². The van der Waals surface area contributed by atoms with Gasteiger partial charge in [0.15, 0.2) is 0 Å². The van der Waals surface area contributed by atoms with Crippen LogP contribution in [-0.2, 0) is 12.6 Å². The fourth-order valence-corrected chi connectivity index (χ4v) is 1.76. The molecule has 0 aliphatic rings. The normalized spacial score (nSPS) is 15.6. The molecular weight excluding hydrogens is 227 g/mol. The minimum Gasteiger partial charge on any atom is -0.327 e. The zero-order chi connectivity index (χ0) is 13.1. The molecule has 96 valence electrons. The van der Waals surface area contributed by atoms with Crippen LogP contribution in [0.4, 0.5) is 13.2 Å². The summed E-state index contributed by atoms with van der Waals surface area (Å²) < 4.78 is 37.0. The van der Waals surface area contributed by atoms with Crippen LogP contribution in [0.3, 0.4) is 0 Å². The van der Waals surface area contributed by atoms with Gasteiger partial charge in [0, 0.05) is 6.04 Å². The Kier molecular flexibility index (Phi) is 4.57. The third-order valence-corrected chi connectivity index (χ3v) is 3.04. The second kappa shape index (κ2) is 5.54. The summed E-state index contributed by atoms with van der Waals surface area (Å²) in [5, 5.41) is 0. The smallest absolute Gasteiger partial charge is 0.327 e. The molecule has 0 bridgehead atoms. The largest absolute Gasteiger partial charge is 0.416 e. The van der Waals surface area contributed by atoms with Gasteiger partial charge in [0.25, 0.3) is 0 Å². The van der Waals surface area contributed by atoms with Crippen LogP contribution >= 0.6 is 0 Å². The average molecular weight is 245 g/mol. The number of benzene rings is 1. The zero-order valence-electron chi connectivity index (χ0n) is 10.1. The molecule has 0 radical (unpaired) electrons. The van der Waals surface area contributed by atoms with Gasteiger partial charge in [-0.15, -0.1) is 0 Å². The first-order chi connectivity index (χ1) is 7.84. The van der Waals surface area contributed by atoms with Crippen molar-refractivity contribution in [2.75, 3.05) is 0 Å². The summed E-state index contributed by atoms with van der Waals surface area (Å²) in [5.74, 6) is 0.275. The summed E-state index contributed by atoms with van der Waals surface area (Å²) in [7, 11) is 0. The molecule has 1 nitrogen and oxygen atoms in total. The Balaban J connectivity index is 2.69. The van der Waals surface area contributed by atoms with Gasteiger partial charge in [-0.3, -0.25) is 0 Å². The lowest BCUT2D eigenvalue weighted by molar-refractivity contribution is -0.137. The molecule has 4 heteroatoms. The van der Waals surface area contributed by atoms with Crippen molar-refractivity contribution in [3.8, 4) is 0 Å². The van der Waals surface area contributed by atoms with E-state index in [4.69, 9.17) is 5.73 Å². The first-order valence-corrected chi connectivity index (χ1v) is 5.76. The Morgan fingerprint density at radius 3 is 2.12 bits per heavy atom. The molecule has 2 N–H and O–H groups in total. The predicted molar refractivity (Wildman–Crippen MR) is 62.6 cm³/mol. The maximum Gasteiger partial charge on any atom is 0.416 e. The van der Waals surface area contributed by atoms with Crippen molar-refractivity contribution in [2.45, 2.75) is 38.9 Å². The van der Waals surface area contributed by atoms with Gasteiger partial charge in [-0.05, 0) is 36.5 Å². The molecular formula is C13H18F3N. The highest BCUT2D eigenvalue weighted by molar-refractivity contribution is 5.25. The molecule has 0 fully saturated rings. The molecule has 0 heterocycles. The molecule has 2 unspecified atom stereocenters. The van der Waals surface area contributed by atoms with Gasteiger partial charge in [0.1, 0.15) is 0 Å². The molecule has 1 rings (SSSR count). The summed E-state index contributed by atoms with van der Waals surface area (Å²) in [5.41, 5.74) is 6.18. The van der Waals surface area contributed by atoms with Crippen molar-refractivity contribution >= 4 is 0 Å². The molecule has 0 aliphatic heterocycles. The minimum absolute atomic E-state index is 0.0947. The monoisotopic (exact) mass is 245 g/mol. The maximum atomic E-state index is 12.3. The SMILES string of the molecule is CCC(N)C(C)Cc1ccc(C(F)(F)F)cc1. The second-order valence-electron chi connectivity index (χ2n) is 4.45. The van der Waals surface area contributed by atoms with E-state index < -0.39 is 11.7 Å². The quantitative estimate of drug-likeness (QED) is 0.861. The van der Waals surface area contributed by atoms with Crippen LogP contribution in [0.15, 0.2) is 24.3 Å². The van der Waals surface area contributed by atoms with E-state index in [0.29, 0.717) is 6.42 Å². The molecule has 1 aromatic rings. The first kappa shape index (κ1) is 14.0. The summed E-state index contributed by atoms with van der Waals surface area (Å²) in [4.78, 5) is 0. The third-order valence-electron chi connectivity index (χ3n) is 3.04. The fraction of sp³-hybridized carbons (Fsp3) is 0.538. The number of alkyl halides is 3. The van der Waals surface area contributed by atoms with Gasteiger partial charge in [-0.2, -0.15) is 13.2 Å². The van der Waals surface area contributed by atoms with Crippen molar-refractivity contribution in [1.29, 1.82) is 0 Å². The summed E-state index contributed by atoms with van der Waals surface area (Å²) in [6, 6.07) is 5.40. The number of rotatable bonds is 4. The molecule has 2 atom stereocenters. The number of nitrogens with two attached hydrogens (primary N) is 1. The Hall–Kier alpha value is -1.03. The van der Waals surface area contributed by atoms with Crippen LogP contribution in [0, 0.1) is 5.92 Å². The van der Waals surface area contributed by atoms with E-state index in [9.17, 15) is 13.2 Å². The van der Waals surface area contributed by atoms with Gasteiger partial charge in [-0.25, -0.2) is 0 Å². The van der Waals surface area contributed by atoms with Crippen LogP contribution in [0.25, 0.3) is 0 Å². The minimum atomic E-state index is -4.26. The van der Waals surface area contributed by atoms with Crippen LogP contribution in [-0.4, -0.2) is 6.04 Å². The Labute approximate surface area is 99.8 Å². The maximum absolute atomic E-state index is 12.3. The van der Waals surface area contributed by atoms with E-state index in [1.54, 1.807) is 0 Å². The third kappa shape index (κ3) is 4.04. The Morgan fingerprint density at radius 2 is 1.71 bits per heavy atom. The van der Waals surface area contributed by atoms with Crippen molar-refractivity contribution in [3.05, 3.63) is 35.4 Å². The number of hydrogen-bond acceptors (Lipinski definition) is 1. The molecule has 0 saturated carbocycles. The topological polar surface area (TPSA) is 26.0 Å². The predicted octanol–water partition coefficient (Wildman–Crippen LogP) is 3.62.